The van der Waals surface area contributed by atoms with Crippen molar-refractivity contribution < 1.29 is 4.74 Å². The summed E-state index contributed by atoms with van der Waals surface area (Å²) in [5.74, 6) is 2.26. The third kappa shape index (κ3) is 3.19. The van der Waals surface area contributed by atoms with E-state index in [9.17, 15) is 0 Å². The van der Waals surface area contributed by atoms with E-state index in [0.717, 1.165) is 39.4 Å². The number of rotatable bonds is 4. The fourth-order valence-electron chi connectivity index (χ4n) is 2.73. The van der Waals surface area contributed by atoms with Crippen LogP contribution in [0.2, 0.25) is 0 Å². The number of ether oxygens (including phenoxy) is 1. The summed E-state index contributed by atoms with van der Waals surface area (Å²) in [5.41, 5.74) is 3.79. The van der Waals surface area contributed by atoms with Crippen molar-refractivity contribution in [3.63, 3.8) is 0 Å². The molecular formula is C21H18N4O. The minimum absolute atomic E-state index is 0.711. The molecule has 26 heavy (non-hydrogen) atoms. The number of hydrogen-bond donors (Lipinski definition) is 1. The third-order valence-electron chi connectivity index (χ3n) is 4.19. The van der Waals surface area contributed by atoms with E-state index in [1.807, 2.05) is 68.4 Å². The zero-order valence-electron chi connectivity index (χ0n) is 14.6. The number of pyridine rings is 1. The number of aromatic nitrogens is 3. The van der Waals surface area contributed by atoms with E-state index in [2.05, 4.69) is 20.3 Å². The monoisotopic (exact) mass is 342 g/mol. The lowest BCUT2D eigenvalue weighted by atomic mass is 10.1. The van der Waals surface area contributed by atoms with Gasteiger partial charge in [-0.15, -0.1) is 0 Å². The van der Waals surface area contributed by atoms with Crippen LogP contribution < -0.4 is 10.1 Å². The second-order valence-electron chi connectivity index (χ2n) is 6.03. The van der Waals surface area contributed by atoms with Crippen molar-refractivity contribution in [1.82, 2.24) is 15.0 Å². The van der Waals surface area contributed by atoms with E-state index < -0.39 is 0 Å². The minimum Gasteiger partial charge on any atom is -0.455 e. The molecule has 5 nitrogen and oxygen atoms in total. The SMILES string of the molecule is Cc1ccc(Oc2cccc(Nc3ncnc4ccccc34)c2C)cn1. The van der Waals surface area contributed by atoms with Crippen LogP contribution in [-0.4, -0.2) is 15.0 Å². The molecule has 1 N–H and O–H groups in total. The first-order valence-electron chi connectivity index (χ1n) is 8.37. The summed E-state index contributed by atoms with van der Waals surface area (Å²) in [4.78, 5) is 13.0. The van der Waals surface area contributed by atoms with Crippen molar-refractivity contribution in [2.75, 3.05) is 5.32 Å². The van der Waals surface area contributed by atoms with Crippen LogP contribution in [0.5, 0.6) is 11.5 Å². The van der Waals surface area contributed by atoms with Gasteiger partial charge in [-0.1, -0.05) is 18.2 Å². The summed E-state index contributed by atoms with van der Waals surface area (Å²) in [7, 11) is 0. The molecule has 0 saturated carbocycles. The molecule has 0 radical (unpaired) electrons. The number of para-hydroxylation sites is 1. The van der Waals surface area contributed by atoms with Gasteiger partial charge in [-0.2, -0.15) is 0 Å². The molecule has 4 aromatic rings. The predicted molar refractivity (Wildman–Crippen MR) is 103 cm³/mol. The highest BCUT2D eigenvalue weighted by Crippen LogP contribution is 2.32. The van der Waals surface area contributed by atoms with Gasteiger partial charge in [-0.05, 0) is 50.2 Å². The largest absolute Gasteiger partial charge is 0.455 e. The number of anilines is 2. The average molecular weight is 342 g/mol. The molecule has 0 amide bonds. The topological polar surface area (TPSA) is 59.9 Å². The molecule has 128 valence electrons. The van der Waals surface area contributed by atoms with Crippen molar-refractivity contribution in [3.8, 4) is 11.5 Å². The second-order valence-corrected chi connectivity index (χ2v) is 6.03. The molecular weight excluding hydrogens is 324 g/mol. The van der Waals surface area contributed by atoms with Gasteiger partial charge in [0, 0.05) is 22.3 Å². The van der Waals surface area contributed by atoms with Crippen LogP contribution in [0.3, 0.4) is 0 Å². The van der Waals surface area contributed by atoms with Gasteiger partial charge >= 0.3 is 0 Å². The highest BCUT2D eigenvalue weighted by molar-refractivity contribution is 5.90. The standard InChI is InChI=1S/C21H18N4O/c1-14-10-11-16(12-22-14)26-20-9-5-8-18(15(20)2)25-21-17-6-3-4-7-19(17)23-13-24-21/h3-13H,1-2H3,(H,23,24,25). The van der Waals surface area contributed by atoms with E-state index in [0.29, 0.717) is 5.75 Å². The maximum absolute atomic E-state index is 5.99. The Bertz CT molecular complexity index is 1060. The van der Waals surface area contributed by atoms with Crippen molar-refractivity contribution in [3.05, 3.63) is 78.4 Å². The Morgan fingerprint density at radius 1 is 0.846 bits per heavy atom. The Morgan fingerprint density at radius 2 is 1.73 bits per heavy atom. The Balaban J connectivity index is 1.66. The molecule has 2 aromatic heterocycles. The first-order valence-corrected chi connectivity index (χ1v) is 8.37. The van der Waals surface area contributed by atoms with Crippen LogP contribution in [0.4, 0.5) is 11.5 Å². The van der Waals surface area contributed by atoms with Gasteiger partial charge in [-0.25, -0.2) is 9.97 Å². The lowest BCUT2D eigenvalue weighted by Gasteiger charge is -2.14. The van der Waals surface area contributed by atoms with Gasteiger partial charge < -0.3 is 10.1 Å². The smallest absolute Gasteiger partial charge is 0.145 e. The van der Waals surface area contributed by atoms with Crippen LogP contribution in [0.25, 0.3) is 10.9 Å². The molecule has 0 saturated heterocycles. The van der Waals surface area contributed by atoms with Crippen LogP contribution in [-0.2, 0) is 0 Å². The number of nitrogens with zero attached hydrogens (tertiary/aromatic N) is 3. The van der Waals surface area contributed by atoms with Crippen molar-refractivity contribution in [2.45, 2.75) is 13.8 Å². The van der Waals surface area contributed by atoms with Gasteiger partial charge in [-0.3, -0.25) is 4.98 Å². The average Bonchev–Trinajstić information content (AvgIpc) is 2.67. The zero-order chi connectivity index (χ0) is 17.9. The summed E-state index contributed by atoms with van der Waals surface area (Å²) >= 11 is 0. The fraction of sp³-hybridized carbons (Fsp3) is 0.0952. The van der Waals surface area contributed by atoms with E-state index in [4.69, 9.17) is 4.74 Å². The van der Waals surface area contributed by atoms with Crippen molar-refractivity contribution >= 4 is 22.4 Å². The first kappa shape index (κ1) is 16.0. The summed E-state index contributed by atoms with van der Waals surface area (Å²) in [6.07, 6.45) is 3.30. The summed E-state index contributed by atoms with van der Waals surface area (Å²) in [5, 5.41) is 4.38. The van der Waals surface area contributed by atoms with Crippen LogP contribution >= 0.6 is 0 Å². The van der Waals surface area contributed by atoms with Crippen LogP contribution in [0.1, 0.15) is 11.3 Å². The maximum atomic E-state index is 5.99. The first-order chi connectivity index (χ1) is 12.7. The molecule has 2 aromatic carbocycles. The lowest BCUT2D eigenvalue weighted by molar-refractivity contribution is 0.476. The molecule has 0 atom stereocenters. The van der Waals surface area contributed by atoms with Crippen LogP contribution in [0, 0.1) is 13.8 Å². The Kier molecular flexibility index (Phi) is 4.19. The molecule has 0 bridgehead atoms. The molecule has 0 aliphatic heterocycles. The lowest BCUT2D eigenvalue weighted by Crippen LogP contribution is -1.99. The summed E-state index contributed by atoms with van der Waals surface area (Å²) in [6.45, 7) is 3.97. The number of fused-ring (bicyclic) bond motifs is 1. The van der Waals surface area contributed by atoms with Gasteiger partial charge in [0.15, 0.2) is 0 Å². The Morgan fingerprint density at radius 3 is 2.58 bits per heavy atom. The van der Waals surface area contributed by atoms with E-state index in [-0.39, 0.29) is 0 Å². The van der Waals surface area contributed by atoms with Crippen LogP contribution in [0.15, 0.2) is 67.1 Å². The highest BCUT2D eigenvalue weighted by Gasteiger charge is 2.09. The predicted octanol–water partition coefficient (Wildman–Crippen LogP) is 5.18. The summed E-state index contributed by atoms with van der Waals surface area (Å²) < 4.78 is 5.99. The van der Waals surface area contributed by atoms with Gasteiger partial charge in [0.2, 0.25) is 0 Å². The zero-order valence-corrected chi connectivity index (χ0v) is 14.6. The van der Waals surface area contributed by atoms with E-state index >= 15 is 0 Å². The second kappa shape index (κ2) is 6.80. The van der Waals surface area contributed by atoms with Gasteiger partial charge in [0.1, 0.15) is 23.6 Å². The van der Waals surface area contributed by atoms with Crippen molar-refractivity contribution in [2.24, 2.45) is 0 Å². The molecule has 0 fully saturated rings. The number of hydrogen-bond acceptors (Lipinski definition) is 5. The number of nitrogens with one attached hydrogen (secondary N) is 1. The molecule has 0 aliphatic carbocycles. The molecule has 0 aliphatic rings. The maximum Gasteiger partial charge on any atom is 0.145 e. The quantitative estimate of drug-likeness (QED) is 0.554. The minimum atomic E-state index is 0.711. The normalized spacial score (nSPS) is 10.7. The van der Waals surface area contributed by atoms with Gasteiger partial charge in [0.05, 0.1) is 11.7 Å². The van der Waals surface area contributed by atoms with Gasteiger partial charge in [0.25, 0.3) is 0 Å². The Labute approximate surface area is 151 Å². The van der Waals surface area contributed by atoms with E-state index in [1.165, 1.54) is 0 Å². The molecule has 0 unspecified atom stereocenters. The summed E-state index contributed by atoms with van der Waals surface area (Å²) in [6, 6.07) is 17.7. The molecule has 0 spiro atoms. The fourth-order valence-corrected chi connectivity index (χ4v) is 2.73. The highest BCUT2D eigenvalue weighted by atomic mass is 16.5. The van der Waals surface area contributed by atoms with Crippen molar-refractivity contribution in [1.29, 1.82) is 0 Å². The Hall–Kier alpha value is -3.47. The number of aryl methyl sites for hydroxylation is 1. The molecule has 4 rings (SSSR count). The number of benzene rings is 2. The molecule has 2 heterocycles. The molecule has 5 heteroatoms. The third-order valence-corrected chi connectivity index (χ3v) is 4.19. The van der Waals surface area contributed by atoms with E-state index in [1.54, 1.807) is 12.5 Å².